The summed E-state index contributed by atoms with van der Waals surface area (Å²) in [6.45, 7) is 1.98. The number of aromatic nitrogens is 2. The number of aliphatic hydroxyl groups excluding tert-OH is 1. The maximum Gasteiger partial charge on any atom is 0.254 e. The number of nitrogens with one attached hydrogen (secondary N) is 1. The van der Waals surface area contributed by atoms with Crippen molar-refractivity contribution in [2.24, 2.45) is 0 Å². The summed E-state index contributed by atoms with van der Waals surface area (Å²) in [5.74, 6) is -0.995. The SMILES string of the molecule is CO[C@@H]1[C@H](N(C)C(=O)c2ccc(F)cc2)C[C@H]2O[C@]1(C)n1c3ccccc3c3c4c(c5c6ccccc6n2c5c31)C(=O)N[C@@H]4O. The van der Waals surface area contributed by atoms with Gasteiger partial charge in [0.15, 0.2) is 12.0 Å². The summed E-state index contributed by atoms with van der Waals surface area (Å²) in [7, 11) is 3.37. The van der Waals surface area contributed by atoms with Crippen molar-refractivity contribution in [2.75, 3.05) is 14.2 Å². The lowest BCUT2D eigenvalue weighted by Gasteiger charge is -2.50. The van der Waals surface area contributed by atoms with E-state index < -0.39 is 36.1 Å². The minimum absolute atomic E-state index is 0.259. The summed E-state index contributed by atoms with van der Waals surface area (Å²) in [5, 5.41) is 17.4. The second-order valence-electron chi connectivity index (χ2n) is 12.4. The highest BCUT2D eigenvalue weighted by atomic mass is 19.1. The Balaban J connectivity index is 1.41. The molecule has 1 fully saturated rings. The van der Waals surface area contributed by atoms with Gasteiger partial charge in [0, 0.05) is 53.3 Å². The smallest absolute Gasteiger partial charge is 0.254 e. The maximum absolute atomic E-state index is 13.9. The quantitative estimate of drug-likeness (QED) is 0.277. The number of hydrogen-bond donors (Lipinski definition) is 2. The molecule has 0 spiro atoms. The number of carbonyl (C=O) groups excluding carboxylic acids is 2. The van der Waals surface area contributed by atoms with Crippen molar-refractivity contribution >= 4 is 55.4 Å². The number of likely N-dealkylation sites (N-methyl/N-ethyl adjacent to an activating group) is 1. The molecular formula is C35H29FN4O5. The van der Waals surface area contributed by atoms with Crippen LogP contribution in [0, 0.1) is 5.82 Å². The first-order valence-corrected chi connectivity index (χ1v) is 15.0. The molecule has 0 aliphatic carbocycles. The van der Waals surface area contributed by atoms with Crippen molar-refractivity contribution in [1.29, 1.82) is 0 Å². The molecule has 2 aromatic heterocycles. The zero-order chi connectivity index (χ0) is 30.9. The average Bonchev–Trinajstić information content (AvgIpc) is 3.65. The van der Waals surface area contributed by atoms with Gasteiger partial charge in [-0.05, 0) is 43.3 Å². The minimum atomic E-state index is -1.18. The number of para-hydroxylation sites is 2. The second kappa shape index (κ2) is 8.91. The predicted octanol–water partition coefficient (Wildman–Crippen LogP) is 5.54. The molecular weight excluding hydrogens is 575 g/mol. The molecule has 0 unspecified atom stereocenters. The molecule has 10 heteroatoms. The number of benzene rings is 4. The topological polar surface area (TPSA) is 98.0 Å². The number of rotatable bonds is 3. The van der Waals surface area contributed by atoms with E-state index in [2.05, 4.69) is 14.5 Å². The molecule has 3 aliphatic heterocycles. The van der Waals surface area contributed by atoms with E-state index in [1.54, 1.807) is 19.1 Å². The van der Waals surface area contributed by atoms with E-state index in [0.29, 0.717) is 23.1 Å². The molecule has 9 rings (SSSR count). The van der Waals surface area contributed by atoms with Gasteiger partial charge in [-0.1, -0.05) is 36.4 Å². The van der Waals surface area contributed by atoms with Crippen molar-refractivity contribution in [3.63, 3.8) is 0 Å². The van der Waals surface area contributed by atoms with Gasteiger partial charge in [0.2, 0.25) is 0 Å². The lowest BCUT2D eigenvalue weighted by atomic mass is 9.91. The standard InChI is InChI=1S/C35H29FN4O5/c1-35-31(44-3)23(38(2)34(43)17-12-14-18(36)15-13-17)16-24(45-35)39-21-10-6-4-8-19(21)25-27-28(33(42)37-32(27)41)26-20-9-5-7-11-22(20)40(35)30(26)29(25)39/h4-15,23-24,31,33,42H,16H2,1-3H3,(H,37,41)/t23-,24-,31-,33-,35+/m1/s1. The van der Waals surface area contributed by atoms with E-state index in [1.165, 1.54) is 24.3 Å². The van der Waals surface area contributed by atoms with Gasteiger partial charge in [-0.25, -0.2) is 4.39 Å². The lowest BCUT2D eigenvalue weighted by Crippen LogP contribution is -2.61. The van der Waals surface area contributed by atoms with Gasteiger partial charge in [-0.2, -0.15) is 0 Å². The van der Waals surface area contributed by atoms with Crippen molar-refractivity contribution < 1.29 is 28.6 Å². The van der Waals surface area contributed by atoms with Gasteiger partial charge in [0.1, 0.15) is 18.1 Å². The molecule has 0 saturated carbocycles. The monoisotopic (exact) mass is 604 g/mol. The number of ether oxygens (including phenoxy) is 2. The van der Waals surface area contributed by atoms with Crippen LogP contribution >= 0.6 is 0 Å². The summed E-state index contributed by atoms with van der Waals surface area (Å²) in [6.07, 6.45) is -1.97. The van der Waals surface area contributed by atoms with E-state index in [9.17, 15) is 19.1 Å². The van der Waals surface area contributed by atoms with Gasteiger partial charge < -0.3 is 33.9 Å². The van der Waals surface area contributed by atoms with E-state index in [0.717, 1.165) is 43.6 Å². The molecule has 2 bridgehead atoms. The molecule has 6 aromatic rings. The minimum Gasteiger partial charge on any atom is -0.374 e. The first-order chi connectivity index (χ1) is 21.7. The molecule has 226 valence electrons. The number of amides is 2. The summed E-state index contributed by atoms with van der Waals surface area (Å²) in [4.78, 5) is 29.1. The molecule has 3 aliphatic rings. The number of aliphatic hydroxyl groups is 1. The van der Waals surface area contributed by atoms with Crippen LogP contribution in [0.2, 0.25) is 0 Å². The largest absolute Gasteiger partial charge is 0.374 e. The van der Waals surface area contributed by atoms with Crippen LogP contribution in [0.5, 0.6) is 0 Å². The van der Waals surface area contributed by atoms with Crippen molar-refractivity contribution in [2.45, 2.75) is 43.7 Å². The van der Waals surface area contributed by atoms with Crippen LogP contribution in [0.3, 0.4) is 0 Å². The Morgan fingerprint density at radius 1 is 1.02 bits per heavy atom. The van der Waals surface area contributed by atoms with Crippen LogP contribution in [0.25, 0.3) is 43.6 Å². The Labute approximate surface area is 256 Å². The number of carbonyl (C=O) groups is 2. The third-order valence-electron chi connectivity index (χ3n) is 10.2. The molecule has 5 heterocycles. The van der Waals surface area contributed by atoms with Crippen molar-refractivity contribution in [3.05, 3.63) is 95.3 Å². The third-order valence-corrected chi connectivity index (χ3v) is 10.2. The fourth-order valence-corrected chi connectivity index (χ4v) is 8.38. The molecule has 2 amide bonds. The van der Waals surface area contributed by atoms with Gasteiger partial charge in [-0.15, -0.1) is 0 Å². The summed E-state index contributed by atoms with van der Waals surface area (Å²) in [5.41, 5.74) is 3.65. The highest BCUT2D eigenvalue weighted by Crippen LogP contribution is 2.55. The predicted molar refractivity (Wildman–Crippen MR) is 166 cm³/mol. The molecule has 0 radical (unpaired) electrons. The fraction of sp³-hybridized carbons (Fsp3) is 0.257. The van der Waals surface area contributed by atoms with Crippen LogP contribution in [0.1, 0.15) is 52.1 Å². The molecule has 1 saturated heterocycles. The molecule has 9 nitrogen and oxygen atoms in total. The van der Waals surface area contributed by atoms with Gasteiger partial charge in [-0.3, -0.25) is 9.59 Å². The number of fused-ring (bicyclic) bond motifs is 13. The summed E-state index contributed by atoms with van der Waals surface area (Å²) >= 11 is 0. The Kier molecular flexibility index (Phi) is 5.27. The molecule has 2 N–H and O–H groups in total. The Bertz CT molecular complexity index is 2270. The highest BCUT2D eigenvalue weighted by molar-refractivity contribution is 6.31. The van der Waals surface area contributed by atoms with Crippen LogP contribution in [0.4, 0.5) is 4.39 Å². The van der Waals surface area contributed by atoms with Crippen molar-refractivity contribution in [1.82, 2.24) is 19.4 Å². The van der Waals surface area contributed by atoms with Gasteiger partial charge in [0.05, 0.1) is 33.7 Å². The zero-order valence-electron chi connectivity index (χ0n) is 24.7. The third kappa shape index (κ3) is 3.21. The molecule has 45 heavy (non-hydrogen) atoms. The molecule has 5 atom stereocenters. The van der Waals surface area contributed by atoms with E-state index in [1.807, 2.05) is 55.5 Å². The zero-order valence-corrected chi connectivity index (χ0v) is 24.7. The fourth-order valence-electron chi connectivity index (χ4n) is 8.38. The average molecular weight is 605 g/mol. The second-order valence-corrected chi connectivity index (χ2v) is 12.4. The first-order valence-electron chi connectivity index (χ1n) is 15.0. The number of nitrogens with zero attached hydrogens (tertiary/aromatic N) is 3. The van der Waals surface area contributed by atoms with Gasteiger partial charge in [0.25, 0.3) is 11.8 Å². The summed E-state index contributed by atoms with van der Waals surface area (Å²) in [6, 6.07) is 20.9. The Morgan fingerprint density at radius 2 is 1.69 bits per heavy atom. The maximum atomic E-state index is 13.9. The number of methoxy groups -OCH3 is 1. The van der Waals surface area contributed by atoms with Crippen LogP contribution in [0.15, 0.2) is 72.8 Å². The number of halogens is 1. The highest BCUT2D eigenvalue weighted by Gasteiger charge is 2.55. The lowest BCUT2D eigenvalue weighted by molar-refractivity contribution is -0.264. The van der Waals surface area contributed by atoms with Crippen LogP contribution in [-0.2, 0) is 15.2 Å². The molecule has 4 aromatic carbocycles. The van der Waals surface area contributed by atoms with Gasteiger partial charge >= 0.3 is 0 Å². The van der Waals surface area contributed by atoms with E-state index in [-0.39, 0.29) is 11.8 Å². The Hall–Kier alpha value is -4.77. The van der Waals surface area contributed by atoms with E-state index >= 15 is 0 Å². The van der Waals surface area contributed by atoms with Crippen LogP contribution < -0.4 is 5.32 Å². The first kappa shape index (κ1) is 26.6. The Morgan fingerprint density at radius 3 is 2.40 bits per heavy atom. The van der Waals surface area contributed by atoms with Crippen LogP contribution in [-0.4, -0.2) is 57.3 Å². The summed E-state index contributed by atoms with van der Waals surface area (Å²) < 4.78 is 31.5. The van der Waals surface area contributed by atoms with Crippen molar-refractivity contribution in [3.8, 4) is 0 Å². The number of hydrogen-bond acceptors (Lipinski definition) is 5. The normalized spacial score (nSPS) is 25.3. The van der Waals surface area contributed by atoms with E-state index in [4.69, 9.17) is 9.47 Å².